The quantitative estimate of drug-likeness (QED) is 0.206. The number of piperazine rings is 1. The Morgan fingerprint density at radius 1 is 0.841 bits per heavy atom. The van der Waals surface area contributed by atoms with Crippen molar-refractivity contribution in [3.63, 3.8) is 0 Å². The lowest BCUT2D eigenvalue weighted by molar-refractivity contribution is -0.114. The molecule has 1 N–H and O–H groups in total. The van der Waals surface area contributed by atoms with E-state index in [0.29, 0.717) is 28.6 Å². The molecular formula is C35H32Cl2N4O2S. The van der Waals surface area contributed by atoms with Gasteiger partial charge in [0.15, 0.2) is 0 Å². The summed E-state index contributed by atoms with van der Waals surface area (Å²) in [5.41, 5.74) is 4.44. The van der Waals surface area contributed by atoms with Crippen molar-refractivity contribution in [1.29, 1.82) is 0 Å². The summed E-state index contributed by atoms with van der Waals surface area (Å²) in [5.74, 6) is -0.171. The lowest BCUT2D eigenvalue weighted by atomic mass is 10.1. The molecule has 1 fully saturated rings. The number of anilines is 2. The molecule has 2 aliphatic heterocycles. The third-order valence-corrected chi connectivity index (χ3v) is 9.34. The van der Waals surface area contributed by atoms with Crippen LogP contribution in [-0.4, -0.2) is 56.0 Å². The molecule has 0 atom stereocenters. The average molecular weight is 644 g/mol. The van der Waals surface area contributed by atoms with Gasteiger partial charge in [0.1, 0.15) is 0 Å². The number of nitrogens with one attached hydrogen (secondary N) is 1. The second kappa shape index (κ2) is 13.9. The van der Waals surface area contributed by atoms with E-state index in [9.17, 15) is 9.59 Å². The molecular weight excluding hydrogens is 611 g/mol. The summed E-state index contributed by atoms with van der Waals surface area (Å²) in [5, 5.41) is 4.44. The van der Waals surface area contributed by atoms with Crippen LogP contribution in [0.5, 0.6) is 0 Å². The third kappa shape index (κ3) is 7.30. The number of carbonyl (C=O) groups is 2. The summed E-state index contributed by atoms with van der Waals surface area (Å²) in [4.78, 5) is 34.6. The second-order valence-electron chi connectivity index (χ2n) is 10.8. The molecule has 0 unspecified atom stereocenters. The molecule has 4 aromatic rings. The van der Waals surface area contributed by atoms with Gasteiger partial charge in [-0.1, -0.05) is 77.4 Å². The van der Waals surface area contributed by atoms with Gasteiger partial charge in [-0.2, -0.15) is 0 Å². The van der Waals surface area contributed by atoms with Crippen molar-refractivity contribution in [2.45, 2.75) is 11.4 Å². The number of nitrogens with zero attached hydrogens (tertiary/aromatic N) is 3. The highest BCUT2D eigenvalue weighted by Gasteiger charge is 2.29. The van der Waals surface area contributed by atoms with Crippen molar-refractivity contribution in [3.05, 3.63) is 129 Å². The zero-order valence-electron chi connectivity index (χ0n) is 24.1. The molecule has 2 amide bonds. The first-order chi connectivity index (χ1) is 21.4. The molecule has 4 aromatic carbocycles. The van der Waals surface area contributed by atoms with Crippen LogP contribution in [0.25, 0.3) is 6.08 Å². The standard InChI is InChI=1S/C35H32Cl2N4O2S/c36-28-6-3-5-26(21-28)24-41-31-9-1-2-10-32(31)44-33(35(41)43)22-25-11-13-27(14-12-25)34(42)38-15-16-39-17-19-40(20-18-39)30-8-4-7-29(37)23-30/h1-14,21-23H,15-20,24H2,(H,38,42)/b33-22+. The highest BCUT2D eigenvalue weighted by atomic mass is 35.5. The largest absolute Gasteiger partial charge is 0.369 e. The Bertz CT molecular complexity index is 1690. The van der Waals surface area contributed by atoms with E-state index in [4.69, 9.17) is 23.2 Å². The van der Waals surface area contributed by atoms with Gasteiger partial charge in [-0.25, -0.2) is 0 Å². The molecule has 0 bridgehead atoms. The summed E-state index contributed by atoms with van der Waals surface area (Å²) in [6.45, 7) is 5.52. The van der Waals surface area contributed by atoms with E-state index < -0.39 is 0 Å². The molecule has 6 rings (SSSR count). The van der Waals surface area contributed by atoms with Crippen LogP contribution in [0.15, 0.2) is 107 Å². The summed E-state index contributed by atoms with van der Waals surface area (Å²) >= 11 is 13.8. The van der Waals surface area contributed by atoms with Crippen molar-refractivity contribution >= 4 is 64.2 Å². The van der Waals surface area contributed by atoms with Crippen molar-refractivity contribution in [3.8, 4) is 0 Å². The van der Waals surface area contributed by atoms with Gasteiger partial charge in [-0.05, 0) is 71.8 Å². The van der Waals surface area contributed by atoms with Crippen LogP contribution in [0.4, 0.5) is 11.4 Å². The molecule has 6 nitrogen and oxygen atoms in total. The monoisotopic (exact) mass is 642 g/mol. The fourth-order valence-corrected chi connectivity index (χ4v) is 6.91. The zero-order chi connectivity index (χ0) is 30.5. The van der Waals surface area contributed by atoms with Gasteiger partial charge in [0.2, 0.25) is 0 Å². The molecule has 9 heteroatoms. The fourth-order valence-electron chi connectivity index (χ4n) is 5.45. The normalized spacial score (nSPS) is 16.2. The summed E-state index contributed by atoms with van der Waals surface area (Å²) in [6, 6.07) is 30.8. The molecule has 1 saturated heterocycles. The van der Waals surface area contributed by atoms with Gasteiger partial charge in [-0.3, -0.25) is 14.5 Å². The molecule has 2 heterocycles. The van der Waals surface area contributed by atoms with E-state index >= 15 is 0 Å². The number of halogens is 2. The number of para-hydroxylation sites is 1. The Morgan fingerprint density at radius 3 is 2.32 bits per heavy atom. The van der Waals surface area contributed by atoms with Crippen molar-refractivity contribution in [1.82, 2.24) is 10.2 Å². The van der Waals surface area contributed by atoms with Crippen LogP contribution in [-0.2, 0) is 11.3 Å². The van der Waals surface area contributed by atoms with Gasteiger partial charge in [0.25, 0.3) is 11.8 Å². The van der Waals surface area contributed by atoms with Crippen LogP contribution < -0.4 is 15.1 Å². The number of carbonyl (C=O) groups excluding carboxylic acids is 2. The Labute approximate surface area is 272 Å². The highest BCUT2D eigenvalue weighted by Crippen LogP contribution is 2.42. The van der Waals surface area contributed by atoms with E-state index in [1.165, 1.54) is 11.8 Å². The Balaban J connectivity index is 1.04. The SMILES string of the molecule is O=C(NCCN1CCN(c2cccc(Cl)c2)CC1)c1ccc(/C=C2/Sc3ccccc3N(Cc3cccc(Cl)c3)C2=O)cc1. The number of rotatable bonds is 8. The smallest absolute Gasteiger partial charge is 0.265 e. The van der Waals surface area contributed by atoms with Gasteiger partial charge in [-0.15, -0.1) is 0 Å². The fraction of sp³-hybridized carbons (Fsp3) is 0.200. The first-order valence-corrected chi connectivity index (χ1v) is 16.2. The van der Waals surface area contributed by atoms with Crippen LogP contribution >= 0.6 is 35.0 Å². The average Bonchev–Trinajstić information content (AvgIpc) is 3.04. The number of fused-ring (bicyclic) bond motifs is 1. The molecule has 2 aliphatic rings. The minimum atomic E-state index is -0.105. The van der Waals surface area contributed by atoms with Crippen molar-refractivity contribution in [2.75, 3.05) is 49.1 Å². The molecule has 0 aliphatic carbocycles. The van der Waals surface area contributed by atoms with Crippen LogP contribution in [0.2, 0.25) is 10.0 Å². The van der Waals surface area contributed by atoms with E-state index in [1.807, 2.05) is 84.9 Å². The maximum Gasteiger partial charge on any atom is 0.265 e. The lowest BCUT2D eigenvalue weighted by Gasteiger charge is -2.36. The molecule has 44 heavy (non-hydrogen) atoms. The van der Waals surface area contributed by atoms with E-state index in [0.717, 1.165) is 65.1 Å². The molecule has 0 aromatic heterocycles. The van der Waals surface area contributed by atoms with Gasteiger partial charge >= 0.3 is 0 Å². The Morgan fingerprint density at radius 2 is 1.57 bits per heavy atom. The summed E-state index contributed by atoms with van der Waals surface area (Å²) in [6.07, 6.45) is 1.89. The number of benzene rings is 4. The molecule has 0 saturated carbocycles. The van der Waals surface area contributed by atoms with Gasteiger partial charge in [0.05, 0.1) is 17.1 Å². The number of amides is 2. The van der Waals surface area contributed by atoms with Crippen molar-refractivity contribution in [2.24, 2.45) is 0 Å². The lowest BCUT2D eigenvalue weighted by Crippen LogP contribution is -2.48. The third-order valence-electron chi connectivity index (χ3n) is 7.79. The van der Waals surface area contributed by atoms with Crippen LogP contribution in [0, 0.1) is 0 Å². The number of hydrogen-bond acceptors (Lipinski definition) is 5. The topological polar surface area (TPSA) is 55.9 Å². The van der Waals surface area contributed by atoms with Crippen molar-refractivity contribution < 1.29 is 9.59 Å². The van der Waals surface area contributed by atoms with Crippen LogP contribution in [0.1, 0.15) is 21.5 Å². The maximum absolute atomic E-state index is 13.6. The Hall–Kier alpha value is -3.75. The number of thioether (sulfide) groups is 1. The first-order valence-electron chi connectivity index (χ1n) is 14.6. The minimum absolute atomic E-state index is 0.0658. The van der Waals surface area contributed by atoms with Crippen LogP contribution in [0.3, 0.4) is 0 Å². The summed E-state index contributed by atoms with van der Waals surface area (Å²) < 4.78 is 0. The highest BCUT2D eigenvalue weighted by molar-refractivity contribution is 8.04. The molecule has 0 radical (unpaired) electrons. The minimum Gasteiger partial charge on any atom is -0.369 e. The van der Waals surface area contributed by atoms with E-state index in [1.54, 1.807) is 17.0 Å². The van der Waals surface area contributed by atoms with E-state index in [-0.39, 0.29) is 11.8 Å². The van der Waals surface area contributed by atoms with Gasteiger partial charge in [0, 0.05) is 65.5 Å². The number of hydrogen-bond donors (Lipinski definition) is 1. The van der Waals surface area contributed by atoms with E-state index in [2.05, 4.69) is 21.2 Å². The van der Waals surface area contributed by atoms with Gasteiger partial charge < -0.3 is 15.1 Å². The summed E-state index contributed by atoms with van der Waals surface area (Å²) in [7, 11) is 0. The predicted octanol–water partition coefficient (Wildman–Crippen LogP) is 7.23. The maximum atomic E-state index is 13.6. The first kappa shape index (κ1) is 30.3. The predicted molar refractivity (Wildman–Crippen MR) is 182 cm³/mol. The molecule has 224 valence electrons. The zero-order valence-corrected chi connectivity index (χ0v) is 26.4. The Kier molecular flexibility index (Phi) is 9.57. The second-order valence-corrected chi connectivity index (χ2v) is 12.7. The molecule has 0 spiro atoms.